The van der Waals surface area contributed by atoms with Crippen LogP contribution in [0.15, 0.2) is 11.5 Å². The van der Waals surface area contributed by atoms with Crippen molar-refractivity contribution in [1.82, 2.24) is 5.32 Å². The van der Waals surface area contributed by atoms with E-state index in [0.29, 0.717) is 0 Å². The molecule has 10 nitrogen and oxygen atoms in total. The molecular formula is C12H17NO9. The molecule has 0 aliphatic carbocycles. The molecule has 1 amide bonds. The van der Waals surface area contributed by atoms with E-state index in [9.17, 15) is 24.6 Å². The van der Waals surface area contributed by atoms with Crippen LogP contribution in [0.2, 0.25) is 0 Å². The third-order valence-corrected chi connectivity index (χ3v) is 2.63. The summed E-state index contributed by atoms with van der Waals surface area (Å²) in [6.07, 6.45) is -4.28. The molecule has 0 fully saturated rings. The van der Waals surface area contributed by atoms with E-state index in [1.165, 1.54) is 6.92 Å². The van der Waals surface area contributed by atoms with Crippen molar-refractivity contribution in [1.29, 1.82) is 0 Å². The predicted octanol–water partition coefficient (Wildman–Crippen LogP) is -1.29. The van der Waals surface area contributed by atoms with Gasteiger partial charge in [0.25, 0.3) is 5.76 Å². The van der Waals surface area contributed by atoms with Crippen LogP contribution in [-0.2, 0) is 23.8 Å². The zero-order valence-corrected chi connectivity index (χ0v) is 11.9. The first-order chi connectivity index (χ1) is 10.3. The highest BCUT2D eigenvalue weighted by atomic mass is 16.6. The van der Waals surface area contributed by atoms with Crippen LogP contribution in [-0.4, -0.2) is 64.8 Å². The van der Waals surface area contributed by atoms with Crippen molar-refractivity contribution >= 4 is 18.0 Å². The van der Waals surface area contributed by atoms with E-state index in [2.05, 4.69) is 19.5 Å². The summed E-state index contributed by atoms with van der Waals surface area (Å²) in [7, 11) is 0. The Balaban J connectivity index is 2.69. The molecule has 1 rings (SSSR count). The zero-order chi connectivity index (χ0) is 16.9. The Morgan fingerprint density at radius 2 is 2.09 bits per heavy atom. The van der Waals surface area contributed by atoms with Crippen molar-refractivity contribution in [3.05, 3.63) is 11.5 Å². The van der Waals surface area contributed by atoms with Gasteiger partial charge >= 0.3 is 18.0 Å². The van der Waals surface area contributed by atoms with E-state index in [0.717, 1.165) is 0 Å². The van der Waals surface area contributed by atoms with Crippen molar-refractivity contribution < 1.29 is 43.9 Å². The Morgan fingerprint density at radius 1 is 1.45 bits per heavy atom. The number of carbonyl (C=O) groups is 3. The Morgan fingerprint density at radius 3 is 2.64 bits per heavy atom. The molecule has 1 aliphatic heterocycles. The Kier molecular flexibility index (Phi) is 6.13. The van der Waals surface area contributed by atoms with Gasteiger partial charge in [-0.15, -0.1) is 0 Å². The lowest BCUT2D eigenvalue weighted by atomic mass is 10.2. The van der Waals surface area contributed by atoms with Gasteiger partial charge in [-0.2, -0.15) is 0 Å². The number of nitrogens with one attached hydrogen (secondary N) is 1. The van der Waals surface area contributed by atoms with Crippen LogP contribution >= 0.6 is 0 Å². The minimum absolute atomic E-state index is 0.124. The molecule has 124 valence electrons. The van der Waals surface area contributed by atoms with E-state index in [1.54, 1.807) is 6.92 Å². The quantitative estimate of drug-likeness (QED) is 0.346. The van der Waals surface area contributed by atoms with Crippen molar-refractivity contribution in [3.8, 4) is 0 Å². The summed E-state index contributed by atoms with van der Waals surface area (Å²) in [5.41, 5.74) is 0. The Bertz CT molecular complexity index is 487. The maximum absolute atomic E-state index is 11.5. The average Bonchev–Trinajstić information content (AvgIpc) is 2.74. The second kappa shape index (κ2) is 7.61. The van der Waals surface area contributed by atoms with Gasteiger partial charge in [0.15, 0.2) is 11.9 Å². The van der Waals surface area contributed by atoms with Crippen LogP contribution in [0.25, 0.3) is 0 Å². The standard InChI is InChI=1S/C12H17NO9/c1-3-20-10(17)5(2)13-12(19)22-9-7(16)8(6(15)4-14)21-11(9)18/h5-6,8,14-16H,3-4H2,1-2H3,(H,13,19). The topological polar surface area (TPSA) is 152 Å². The molecule has 22 heavy (non-hydrogen) atoms. The number of carbonyl (C=O) groups excluding carboxylic acids is 3. The maximum atomic E-state index is 11.5. The third kappa shape index (κ3) is 4.09. The summed E-state index contributed by atoms with van der Waals surface area (Å²) >= 11 is 0. The summed E-state index contributed by atoms with van der Waals surface area (Å²) in [6.45, 7) is 2.27. The van der Waals surface area contributed by atoms with Crippen LogP contribution in [0.1, 0.15) is 13.8 Å². The van der Waals surface area contributed by atoms with Gasteiger partial charge in [-0.1, -0.05) is 0 Å². The van der Waals surface area contributed by atoms with Gasteiger partial charge in [0.05, 0.1) is 13.2 Å². The van der Waals surface area contributed by atoms with E-state index in [-0.39, 0.29) is 6.61 Å². The predicted molar refractivity (Wildman–Crippen MR) is 68.3 cm³/mol. The molecule has 3 atom stereocenters. The summed E-state index contributed by atoms with van der Waals surface area (Å²) in [6, 6.07) is -1.04. The molecule has 0 saturated carbocycles. The van der Waals surface area contributed by atoms with Gasteiger partial charge in [-0.3, -0.25) is 0 Å². The van der Waals surface area contributed by atoms with Crippen molar-refractivity contribution in [2.45, 2.75) is 32.1 Å². The molecule has 4 N–H and O–H groups in total. The van der Waals surface area contributed by atoms with Crippen molar-refractivity contribution in [3.63, 3.8) is 0 Å². The molecule has 0 aromatic heterocycles. The summed E-state index contributed by atoms with van der Waals surface area (Å²) in [4.78, 5) is 34.3. The molecule has 10 heteroatoms. The monoisotopic (exact) mass is 319 g/mol. The molecule has 0 saturated heterocycles. The van der Waals surface area contributed by atoms with E-state index >= 15 is 0 Å². The molecule has 1 aliphatic rings. The normalized spacial score (nSPS) is 20.2. The minimum atomic E-state index is -1.56. The molecule has 1 heterocycles. The fourth-order valence-electron chi connectivity index (χ4n) is 1.53. The second-order valence-corrected chi connectivity index (χ2v) is 4.30. The van der Waals surface area contributed by atoms with Gasteiger partial charge in [-0.25, -0.2) is 14.4 Å². The molecule has 0 aromatic rings. The van der Waals surface area contributed by atoms with Gasteiger partial charge in [0.1, 0.15) is 12.1 Å². The number of esters is 2. The van der Waals surface area contributed by atoms with Crippen LogP contribution < -0.4 is 5.32 Å². The lowest BCUT2D eigenvalue weighted by Gasteiger charge is -2.14. The number of cyclic esters (lactones) is 1. The number of ether oxygens (including phenoxy) is 3. The van der Waals surface area contributed by atoms with Gasteiger partial charge < -0.3 is 34.8 Å². The van der Waals surface area contributed by atoms with Crippen molar-refractivity contribution in [2.75, 3.05) is 13.2 Å². The number of hydrogen-bond acceptors (Lipinski definition) is 9. The fourth-order valence-corrected chi connectivity index (χ4v) is 1.53. The molecule has 0 aromatic carbocycles. The number of alkyl carbamates (subject to hydrolysis) is 1. The Hall–Kier alpha value is -2.33. The zero-order valence-electron chi connectivity index (χ0n) is 11.9. The van der Waals surface area contributed by atoms with Crippen molar-refractivity contribution in [2.24, 2.45) is 0 Å². The van der Waals surface area contributed by atoms with E-state index in [1.807, 2.05) is 0 Å². The summed E-state index contributed by atoms with van der Waals surface area (Å²) in [5.74, 6) is -3.55. The fraction of sp³-hybridized carbons (Fsp3) is 0.583. The second-order valence-electron chi connectivity index (χ2n) is 4.30. The third-order valence-electron chi connectivity index (χ3n) is 2.63. The van der Waals surface area contributed by atoms with Gasteiger partial charge in [0.2, 0.25) is 0 Å². The van der Waals surface area contributed by atoms with Gasteiger partial charge in [-0.05, 0) is 13.8 Å². The molecule has 0 radical (unpaired) electrons. The number of rotatable bonds is 6. The smallest absolute Gasteiger partial charge is 0.413 e. The first kappa shape index (κ1) is 17.7. The molecule has 0 bridgehead atoms. The SMILES string of the molecule is CCOC(=O)C(C)NC(=O)OC1=C(O)C(C(O)CO)OC1=O. The maximum Gasteiger partial charge on any atom is 0.413 e. The van der Waals surface area contributed by atoms with Gasteiger partial charge in [0, 0.05) is 0 Å². The Labute approximate surface area is 125 Å². The number of aliphatic hydroxyl groups is 3. The largest absolute Gasteiger partial charge is 0.505 e. The van der Waals surface area contributed by atoms with Crippen LogP contribution in [0.3, 0.4) is 0 Å². The highest BCUT2D eigenvalue weighted by molar-refractivity contribution is 5.92. The molecule has 0 spiro atoms. The highest BCUT2D eigenvalue weighted by Crippen LogP contribution is 2.24. The molecular weight excluding hydrogens is 302 g/mol. The summed E-state index contributed by atoms with van der Waals surface area (Å²) in [5, 5.41) is 29.8. The average molecular weight is 319 g/mol. The lowest BCUT2D eigenvalue weighted by Crippen LogP contribution is -2.40. The molecule has 3 unspecified atom stereocenters. The minimum Gasteiger partial charge on any atom is -0.505 e. The van der Waals surface area contributed by atoms with E-state index in [4.69, 9.17) is 5.11 Å². The highest BCUT2D eigenvalue weighted by Gasteiger charge is 2.41. The van der Waals surface area contributed by atoms with Crippen LogP contribution in [0.4, 0.5) is 4.79 Å². The number of hydrogen-bond donors (Lipinski definition) is 4. The lowest BCUT2D eigenvalue weighted by molar-refractivity contribution is -0.147. The van der Waals surface area contributed by atoms with Crippen LogP contribution in [0.5, 0.6) is 0 Å². The first-order valence-corrected chi connectivity index (χ1v) is 6.39. The summed E-state index contributed by atoms with van der Waals surface area (Å²) < 4.78 is 13.8. The first-order valence-electron chi connectivity index (χ1n) is 6.39. The number of aliphatic hydroxyl groups excluding tert-OH is 3. The van der Waals surface area contributed by atoms with Crippen LogP contribution in [0, 0.1) is 0 Å². The number of amides is 1. The van der Waals surface area contributed by atoms with E-state index < -0.39 is 54.4 Å².